The molecule has 0 fully saturated rings. The van der Waals surface area contributed by atoms with Crippen LogP contribution in [-0.4, -0.2) is 30.4 Å². The summed E-state index contributed by atoms with van der Waals surface area (Å²) in [6.45, 7) is 3.05. The van der Waals surface area contributed by atoms with Crippen LogP contribution in [0, 0.1) is 6.92 Å². The van der Waals surface area contributed by atoms with E-state index in [9.17, 15) is 9.59 Å². The quantitative estimate of drug-likeness (QED) is 0.855. The van der Waals surface area contributed by atoms with Crippen molar-refractivity contribution in [2.75, 3.05) is 13.6 Å². The third-order valence-corrected chi connectivity index (χ3v) is 3.24. The Bertz CT molecular complexity index is 636. The van der Waals surface area contributed by atoms with Gasteiger partial charge in [0, 0.05) is 6.54 Å². The van der Waals surface area contributed by atoms with Crippen LogP contribution in [0.15, 0.2) is 47.1 Å². The summed E-state index contributed by atoms with van der Waals surface area (Å²) in [6.07, 6.45) is 1.53. The van der Waals surface area contributed by atoms with E-state index in [1.807, 2.05) is 43.1 Å². The van der Waals surface area contributed by atoms with Crippen molar-refractivity contribution in [3.05, 3.63) is 59.5 Å². The third-order valence-electron chi connectivity index (χ3n) is 3.24. The summed E-state index contributed by atoms with van der Waals surface area (Å²) in [5, 5.41) is 4.86. The molecule has 0 aliphatic rings. The first kappa shape index (κ1) is 16.8. The number of nitrogens with zero attached hydrogens (tertiary/aromatic N) is 1. The number of aryl methyl sites for hydroxylation is 1. The molecule has 0 spiro atoms. The summed E-state index contributed by atoms with van der Waals surface area (Å²) in [6, 6.07) is 11.1. The van der Waals surface area contributed by atoms with Crippen LogP contribution in [0.4, 0.5) is 4.79 Å². The second kappa shape index (κ2) is 8.14. The van der Waals surface area contributed by atoms with Crippen LogP contribution >= 0.6 is 0 Å². The number of likely N-dealkylation sites (N-methyl/N-ethyl adjacent to an activating group) is 1. The fourth-order valence-electron chi connectivity index (χ4n) is 2.10. The molecule has 0 unspecified atom stereocenters. The molecule has 6 nitrogen and oxygen atoms in total. The lowest BCUT2D eigenvalue weighted by atomic mass is 10.1. The van der Waals surface area contributed by atoms with Gasteiger partial charge in [-0.25, -0.2) is 4.79 Å². The average molecular weight is 315 g/mol. The number of benzene rings is 1. The van der Waals surface area contributed by atoms with E-state index in [0.29, 0.717) is 12.3 Å². The molecule has 0 radical (unpaired) electrons. The fourth-order valence-corrected chi connectivity index (χ4v) is 2.10. The molecule has 1 aromatic carbocycles. The number of urea groups is 1. The van der Waals surface area contributed by atoms with E-state index in [1.165, 1.54) is 11.8 Å². The molecule has 0 saturated carbocycles. The van der Waals surface area contributed by atoms with Crippen molar-refractivity contribution < 1.29 is 14.0 Å². The maximum Gasteiger partial charge on any atom is 0.321 e. The molecule has 2 aromatic rings. The lowest BCUT2D eigenvalue weighted by Gasteiger charge is -2.16. The second-order valence-electron chi connectivity index (χ2n) is 5.47. The van der Waals surface area contributed by atoms with E-state index in [2.05, 4.69) is 10.6 Å². The highest BCUT2D eigenvalue weighted by molar-refractivity contribution is 5.95. The summed E-state index contributed by atoms with van der Waals surface area (Å²) in [7, 11) is 1.83. The molecular formula is C17H21N3O3. The molecular weight excluding hydrogens is 294 g/mol. The summed E-state index contributed by atoms with van der Waals surface area (Å²) < 4.78 is 5.09. The minimum Gasteiger partial charge on any atom is -0.467 e. The molecule has 1 aromatic heterocycles. The average Bonchev–Trinajstić information content (AvgIpc) is 3.00. The monoisotopic (exact) mass is 315 g/mol. The molecule has 2 N–H and O–H groups in total. The van der Waals surface area contributed by atoms with Gasteiger partial charge in [-0.3, -0.25) is 15.0 Å². The number of rotatable bonds is 6. The van der Waals surface area contributed by atoms with Crippen LogP contribution in [0.25, 0.3) is 0 Å². The van der Waals surface area contributed by atoms with Gasteiger partial charge in [0.1, 0.15) is 5.76 Å². The summed E-state index contributed by atoms with van der Waals surface area (Å²) in [5.74, 6) is 0.278. The molecule has 0 bridgehead atoms. The van der Waals surface area contributed by atoms with Gasteiger partial charge in [0.05, 0.1) is 19.4 Å². The predicted octanol–water partition coefficient (Wildman–Crippen LogP) is 2.05. The van der Waals surface area contributed by atoms with E-state index < -0.39 is 6.03 Å². The van der Waals surface area contributed by atoms with Crippen LogP contribution in [0.5, 0.6) is 0 Å². The normalized spacial score (nSPS) is 10.6. The van der Waals surface area contributed by atoms with Crippen LogP contribution < -0.4 is 10.6 Å². The van der Waals surface area contributed by atoms with Gasteiger partial charge in [0.2, 0.25) is 5.91 Å². The van der Waals surface area contributed by atoms with Crippen molar-refractivity contribution in [1.29, 1.82) is 0 Å². The SMILES string of the molecule is Cc1ccc(CN(C)CC(=O)NC(=O)NCc2ccco2)cc1. The standard InChI is InChI=1S/C17H21N3O3/c1-13-5-7-14(8-6-13)11-20(2)12-16(21)19-17(22)18-10-15-4-3-9-23-15/h3-9H,10-12H2,1-2H3,(H2,18,19,21,22). The van der Waals surface area contributed by atoms with Crippen molar-refractivity contribution in [2.24, 2.45) is 0 Å². The highest BCUT2D eigenvalue weighted by Crippen LogP contribution is 2.05. The highest BCUT2D eigenvalue weighted by atomic mass is 16.3. The molecule has 0 aliphatic carbocycles. The maximum absolute atomic E-state index is 11.8. The number of furan rings is 1. The topological polar surface area (TPSA) is 74.6 Å². The van der Waals surface area contributed by atoms with Crippen molar-refractivity contribution >= 4 is 11.9 Å². The van der Waals surface area contributed by atoms with Crippen molar-refractivity contribution in [3.8, 4) is 0 Å². The minimum absolute atomic E-state index is 0.141. The van der Waals surface area contributed by atoms with E-state index in [-0.39, 0.29) is 19.0 Å². The predicted molar refractivity (Wildman–Crippen MR) is 86.6 cm³/mol. The number of carbonyl (C=O) groups excluding carboxylic acids is 2. The van der Waals surface area contributed by atoms with Crippen molar-refractivity contribution in [3.63, 3.8) is 0 Å². The zero-order chi connectivity index (χ0) is 16.7. The van der Waals surface area contributed by atoms with Gasteiger partial charge in [-0.15, -0.1) is 0 Å². The largest absolute Gasteiger partial charge is 0.467 e. The third kappa shape index (κ3) is 5.96. The fraction of sp³-hybridized carbons (Fsp3) is 0.294. The summed E-state index contributed by atoms with van der Waals surface area (Å²) >= 11 is 0. The van der Waals surface area contributed by atoms with E-state index in [1.54, 1.807) is 12.1 Å². The Balaban J connectivity index is 1.70. The number of hydrogen-bond donors (Lipinski definition) is 2. The first-order valence-electron chi connectivity index (χ1n) is 7.37. The second-order valence-corrected chi connectivity index (χ2v) is 5.47. The highest BCUT2D eigenvalue weighted by Gasteiger charge is 2.11. The Morgan fingerprint density at radius 3 is 2.57 bits per heavy atom. The van der Waals surface area contributed by atoms with Crippen LogP contribution in [0.2, 0.25) is 0 Å². The number of hydrogen-bond acceptors (Lipinski definition) is 4. The zero-order valence-electron chi connectivity index (χ0n) is 13.3. The van der Waals surface area contributed by atoms with Crippen molar-refractivity contribution in [2.45, 2.75) is 20.0 Å². The van der Waals surface area contributed by atoms with E-state index in [4.69, 9.17) is 4.42 Å². The van der Waals surface area contributed by atoms with Gasteiger partial charge < -0.3 is 9.73 Å². The van der Waals surface area contributed by atoms with Gasteiger partial charge in [-0.1, -0.05) is 29.8 Å². The van der Waals surface area contributed by atoms with Gasteiger partial charge in [0.15, 0.2) is 0 Å². The van der Waals surface area contributed by atoms with Gasteiger partial charge in [-0.2, -0.15) is 0 Å². The molecule has 3 amide bonds. The Morgan fingerprint density at radius 1 is 1.17 bits per heavy atom. The summed E-state index contributed by atoms with van der Waals surface area (Å²) in [4.78, 5) is 25.3. The molecule has 2 rings (SSSR count). The molecule has 0 atom stereocenters. The van der Waals surface area contributed by atoms with E-state index >= 15 is 0 Å². The van der Waals surface area contributed by atoms with Crippen LogP contribution in [0.1, 0.15) is 16.9 Å². The molecule has 23 heavy (non-hydrogen) atoms. The Kier molecular flexibility index (Phi) is 5.94. The smallest absolute Gasteiger partial charge is 0.321 e. The van der Waals surface area contributed by atoms with E-state index in [0.717, 1.165) is 5.56 Å². The zero-order valence-corrected chi connectivity index (χ0v) is 13.3. The molecule has 1 heterocycles. The first-order valence-corrected chi connectivity index (χ1v) is 7.37. The Labute approximate surface area is 135 Å². The lowest BCUT2D eigenvalue weighted by molar-refractivity contribution is -0.120. The Hall–Kier alpha value is -2.60. The van der Waals surface area contributed by atoms with Crippen LogP contribution in [0.3, 0.4) is 0 Å². The molecule has 0 aliphatic heterocycles. The van der Waals surface area contributed by atoms with Crippen molar-refractivity contribution in [1.82, 2.24) is 15.5 Å². The number of amides is 3. The van der Waals surface area contributed by atoms with Crippen LogP contribution in [-0.2, 0) is 17.9 Å². The molecule has 6 heteroatoms. The van der Waals surface area contributed by atoms with Gasteiger partial charge >= 0.3 is 6.03 Å². The van der Waals surface area contributed by atoms with Gasteiger partial charge in [-0.05, 0) is 31.7 Å². The summed E-state index contributed by atoms with van der Waals surface area (Å²) in [5.41, 5.74) is 2.32. The number of imide groups is 1. The first-order chi connectivity index (χ1) is 11.0. The Morgan fingerprint density at radius 2 is 1.91 bits per heavy atom. The number of carbonyl (C=O) groups is 2. The lowest BCUT2D eigenvalue weighted by Crippen LogP contribution is -2.43. The minimum atomic E-state index is -0.532. The van der Waals surface area contributed by atoms with Gasteiger partial charge in [0.25, 0.3) is 0 Å². The maximum atomic E-state index is 11.8. The molecule has 0 saturated heterocycles. The number of nitrogens with one attached hydrogen (secondary N) is 2. The molecule has 122 valence electrons.